The van der Waals surface area contributed by atoms with Crippen molar-refractivity contribution in [2.75, 3.05) is 47.5 Å². The van der Waals surface area contributed by atoms with Crippen LogP contribution in [-0.4, -0.2) is 60.0 Å². The second-order valence-corrected chi connectivity index (χ2v) is 10.2. The van der Waals surface area contributed by atoms with Gasteiger partial charge in [-0.3, -0.25) is 13.9 Å². The Morgan fingerprint density at radius 2 is 2.07 bits per heavy atom. The first-order valence-corrected chi connectivity index (χ1v) is 11.6. The SMILES string of the molecule is O=C(NC[C@H]1CN(c2ccc(N3CC4(C3)CS(=O)C4)c(F)c2)C(=O)O1)C1CCC1. The summed E-state index contributed by atoms with van der Waals surface area (Å²) in [5, 5.41) is 2.85. The summed E-state index contributed by atoms with van der Waals surface area (Å²) in [6, 6.07) is 4.76. The summed E-state index contributed by atoms with van der Waals surface area (Å²) in [6.07, 6.45) is 1.96. The average molecular weight is 421 g/mol. The van der Waals surface area contributed by atoms with Crippen molar-refractivity contribution in [3.05, 3.63) is 24.0 Å². The summed E-state index contributed by atoms with van der Waals surface area (Å²) in [7, 11) is -0.709. The van der Waals surface area contributed by atoms with E-state index in [9.17, 15) is 18.2 Å². The molecule has 4 aliphatic rings. The van der Waals surface area contributed by atoms with Gasteiger partial charge in [0, 0.05) is 46.7 Å². The number of halogens is 1. The molecule has 1 N–H and O–H groups in total. The molecule has 29 heavy (non-hydrogen) atoms. The quantitative estimate of drug-likeness (QED) is 0.782. The lowest BCUT2D eigenvalue weighted by Gasteiger charge is -2.55. The zero-order valence-corrected chi connectivity index (χ0v) is 16.9. The van der Waals surface area contributed by atoms with E-state index in [2.05, 4.69) is 5.32 Å². The summed E-state index contributed by atoms with van der Waals surface area (Å²) in [6.45, 7) is 2.00. The number of amides is 2. The standard InChI is InChI=1S/C20H24FN3O4S/c21-16-6-14(4-5-17(16)23-9-20(10-23)11-29(27)12-20)24-8-15(28-19(24)26)7-22-18(25)13-2-1-3-13/h4-6,13,15H,1-3,7-12H2,(H,22,25)/t15-/m0/s1. The van der Waals surface area contributed by atoms with Crippen molar-refractivity contribution in [3.63, 3.8) is 0 Å². The van der Waals surface area contributed by atoms with Gasteiger partial charge in [-0.15, -0.1) is 0 Å². The van der Waals surface area contributed by atoms with Crippen LogP contribution in [0.3, 0.4) is 0 Å². The van der Waals surface area contributed by atoms with E-state index in [-0.39, 0.29) is 36.1 Å². The number of nitrogens with zero attached hydrogens (tertiary/aromatic N) is 2. The Hall–Kier alpha value is -2.16. The number of anilines is 2. The van der Waals surface area contributed by atoms with E-state index in [1.54, 1.807) is 12.1 Å². The van der Waals surface area contributed by atoms with Crippen LogP contribution in [-0.2, 0) is 20.3 Å². The van der Waals surface area contributed by atoms with E-state index in [1.807, 2.05) is 4.90 Å². The van der Waals surface area contributed by atoms with Gasteiger partial charge in [-0.05, 0) is 31.0 Å². The van der Waals surface area contributed by atoms with Gasteiger partial charge in [0.1, 0.15) is 11.9 Å². The van der Waals surface area contributed by atoms with E-state index in [0.29, 0.717) is 22.9 Å². The molecule has 0 aromatic heterocycles. The Morgan fingerprint density at radius 3 is 2.69 bits per heavy atom. The molecule has 1 aliphatic carbocycles. The molecule has 3 aliphatic heterocycles. The van der Waals surface area contributed by atoms with E-state index >= 15 is 0 Å². The molecule has 1 aromatic carbocycles. The van der Waals surface area contributed by atoms with E-state index < -0.39 is 23.0 Å². The minimum atomic E-state index is -0.709. The number of hydrogen-bond acceptors (Lipinski definition) is 5. The average Bonchev–Trinajstić information content (AvgIpc) is 2.95. The van der Waals surface area contributed by atoms with Crippen LogP contribution in [0.1, 0.15) is 19.3 Å². The van der Waals surface area contributed by atoms with Crippen LogP contribution in [0.25, 0.3) is 0 Å². The molecule has 0 radical (unpaired) electrons. The second kappa shape index (κ2) is 6.97. The van der Waals surface area contributed by atoms with Crippen LogP contribution in [0.15, 0.2) is 18.2 Å². The molecule has 5 rings (SSSR count). The van der Waals surface area contributed by atoms with Crippen molar-refractivity contribution in [2.45, 2.75) is 25.4 Å². The lowest BCUT2D eigenvalue weighted by molar-refractivity contribution is -0.127. The fraction of sp³-hybridized carbons (Fsp3) is 0.600. The van der Waals surface area contributed by atoms with Gasteiger partial charge in [-0.25, -0.2) is 9.18 Å². The predicted octanol–water partition coefficient (Wildman–Crippen LogP) is 1.64. The Balaban J connectivity index is 1.18. The molecular weight excluding hydrogens is 397 g/mol. The highest BCUT2D eigenvalue weighted by Gasteiger charge is 2.52. The van der Waals surface area contributed by atoms with Gasteiger partial charge in [0.2, 0.25) is 5.91 Å². The molecule has 3 heterocycles. The van der Waals surface area contributed by atoms with Crippen molar-refractivity contribution in [1.82, 2.24) is 5.32 Å². The Bertz CT molecular complexity index is 874. The first kappa shape index (κ1) is 18.8. The van der Waals surface area contributed by atoms with Gasteiger partial charge in [0.05, 0.1) is 24.5 Å². The summed E-state index contributed by atoms with van der Waals surface area (Å²) in [5.41, 5.74) is 1.06. The first-order chi connectivity index (χ1) is 13.9. The summed E-state index contributed by atoms with van der Waals surface area (Å²) in [5.74, 6) is 1.14. The number of carbonyl (C=O) groups is 2. The van der Waals surface area contributed by atoms with Crippen molar-refractivity contribution in [3.8, 4) is 0 Å². The maximum Gasteiger partial charge on any atom is 0.414 e. The molecule has 4 fully saturated rings. The Morgan fingerprint density at radius 1 is 1.31 bits per heavy atom. The third-order valence-corrected chi connectivity index (χ3v) is 8.29. The van der Waals surface area contributed by atoms with E-state index in [0.717, 1.165) is 32.4 Å². The highest BCUT2D eigenvalue weighted by Crippen LogP contribution is 2.43. The number of benzene rings is 1. The molecule has 1 saturated carbocycles. The van der Waals surface area contributed by atoms with Crippen molar-refractivity contribution in [2.24, 2.45) is 11.3 Å². The molecule has 2 amide bonds. The van der Waals surface area contributed by atoms with Gasteiger partial charge < -0.3 is 15.0 Å². The van der Waals surface area contributed by atoms with Crippen molar-refractivity contribution >= 4 is 34.2 Å². The number of ether oxygens (including phenoxy) is 1. The fourth-order valence-corrected chi connectivity index (χ4v) is 6.19. The molecule has 9 heteroatoms. The number of carbonyl (C=O) groups excluding carboxylic acids is 2. The zero-order valence-electron chi connectivity index (χ0n) is 16.1. The fourth-order valence-electron chi connectivity index (χ4n) is 4.55. The van der Waals surface area contributed by atoms with Crippen LogP contribution in [0.5, 0.6) is 0 Å². The van der Waals surface area contributed by atoms with Crippen molar-refractivity contribution in [1.29, 1.82) is 0 Å². The minimum absolute atomic E-state index is 0.0174. The molecule has 3 saturated heterocycles. The number of hydrogen-bond donors (Lipinski definition) is 1. The van der Waals surface area contributed by atoms with Crippen LogP contribution in [0.2, 0.25) is 0 Å². The van der Waals surface area contributed by atoms with Crippen LogP contribution >= 0.6 is 0 Å². The lowest BCUT2D eigenvalue weighted by atomic mass is 9.82. The normalized spacial score (nSPS) is 26.0. The maximum atomic E-state index is 14.7. The van der Waals surface area contributed by atoms with Crippen molar-refractivity contribution < 1.29 is 22.9 Å². The topological polar surface area (TPSA) is 79.0 Å². The first-order valence-electron chi connectivity index (χ1n) is 10.1. The van der Waals surface area contributed by atoms with E-state index in [4.69, 9.17) is 4.74 Å². The predicted molar refractivity (Wildman–Crippen MR) is 107 cm³/mol. The van der Waals surface area contributed by atoms with Crippen LogP contribution in [0.4, 0.5) is 20.6 Å². The monoisotopic (exact) mass is 421 g/mol. The van der Waals surface area contributed by atoms with E-state index in [1.165, 1.54) is 11.0 Å². The molecule has 1 aromatic rings. The molecule has 7 nitrogen and oxygen atoms in total. The zero-order chi connectivity index (χ0) is 20.2. The Kier molecular flexibility index (Phi) is 4.53. The largest absolute Gasteiger partial charge is 0.442 e. The molecule has 0 bridgehead atoms. The summed E-state index contributed by atoms with van der Waals surface area (Å²) >= 11 is 0. The highest BCUT2D eigenvalue weighted by molar-refractivity contribution is 7.86. The van der Waals surface area contributed by atoms with Gasteiger partial charge in [0.25, 0.3) is 0 Å². The molecule has 0 unspecified atom stereocenters. The summed E-state index contributed by atoms with van der Waals surface area (Å²) < 4.78 is 31.4. The Labute approximate surface area is 171 Å². The number of cyclic esters (lactones) is 1. The minimum Gasteiger partial charge on any atom is -0.442 e. The second-order valence-electron chi connectivity index (χ2n) is 8.71. The molecule has 156 valence electrons. The van der Waals surface area contributed by atoms with Crippen LogP contribution in [0, 0.1) is 17.2 Å². The number of nitrogens with one attached hydrogen (secondary N) is 1. The van der Waals surface area contributed by atoms with Gasteiger partial charge in [-0.2, -0.15) is 0 Å². The van der Waals surface area contributed by atoms with Crippen LogP contribution < -0.4 is 15.1 Å². The third-order valence-electron chi connectivity index (χ3n) is 6.42. The third kappa shape index (κ3) is 3.39. The molecular formula is C20H24FN3O4S. The molecule has 1 atom stereocenters. The maximum absolute atomic E-state index is 14.7. The van der Waals surface area contributed by atoms with Gasteiger partial charge in [0.15, 0.2) is 0 Å². The van der Waals surface area contributed by atoms with Gasteiger partial charge in [-0.1, -0.05) is 6.42 Å². The summed E-state index contributed by atoms with van der Waals surface area (Å²) in [4.78, 5) is 27.5. The number of rotatable bonds is 5. The van der Waals surface area contributed by atoms with Gasteiger partial charge >= 0.3 is 6.09 Å². The smallest absolute Gasteiger partial charge is 0.414 e. The highest BCUT2D eigenvalue weighted by atomic mass is 32.2. The lowest BCUT2D eigenvalue weighted by Crippen LogP contribution is -2.67. The molecule has 1 spiro atoms.